The second-order valence-corrected chi connectivity index (χ2v) is 6.52. The molecule has 0 saturated heterocycles. The first kappa shape index (κ1) is 20.7. The summed E-state index contributed by atoms with van der Waals surface area (Å²) in [5.41, 5.74) is 0.397. The summed E-state index contributed by atoms with van der Waals surface area (Å²) in [7, 11) is 2.42. The molecule has 0 aliphatic carbocycles. The highest BCUT2D eigenvalue weighted by Crippen LogP contribution is 2.27. The second-order valence-electron chi connectivity index (χ2n) is 5.19. The summed E-state index contributed by atoms with van der Waals surface area (Å²) in [5.74, 6) is -1.48. The van der Waals surface area contributed by atoms with Crippen molar-refractivity contribution in [2.75, 3.05) is 26.1 Å². The van der Waals surface area contributed by atoms with E-state index in [-0.39, 0.29) is 23.4 Å². The van der Waals surface area contributed by atoms with Crippen molar-refractivity contribution in [2.24, 2.45) is 0 Å². The minimum Gasteiger partial charge on any atom is -0.482 e. The van der Waals surface area contributed by atoms with Gasteiger partial charge in [-0.2, -0.15) is 0 Å². The maximum absolute atomic E-state index is 12.1. The van der Waals surface area contributed by atoms with Gasteiger partial charge in [0.2, 0.25) is 0 Å². The number of hydrogen-bond donors (Lipinski definition) is 1. The van der Waals surface area contributed by atoms with E-state index in [0.717, 1.165) is 4.47 Å². The van der Waals surface area contributed by atoms with Crippen LogP contribution in [-0.4, -0.2) is 38.7 Å². The van der Waals surface area contributed by atoms with E-state index in [4.69, 9.17) is 16.3 Å². The number of methoxy groups -OCH3 is 2. The van der Waals surface area contributed by atoms with E-state index in [9.17, 15) is 14.4 Å². The van der Waals surface area contributed by atoms with Crippen molar-refractivity contribution in [1.82, 2.24) is 0 Å². The van der Waals surface area contributed by atoms with Gasteiger partial charge >= 0.3 is 11.9 Å². The number of ether oxygens (including phenoxy) is 3. The van der Waals surface area contributed by atoms with E-state index in [1.165, 1.54) is 32.4 Å². The second kappa shape index (κ2) is 9.38. The van der Waals surface area contributed by atoms with E-state index in [0.29, 0.717) is 10.8 Å². The number of esters is 2. The minimum absolute atomic E-state index is 0.0903. The monoisotopic (exact) mass is 455 g/mol. The third kappa shape index (κ3) is 5.70. The summed E-state index contributed by atoms with van der Waals surface area (Å²) < 4.78 is 15.4. The molecular formula is C18H15BrClNO6. The fourth-order valence-electron chi connectivity index (χ4n) is 2.10. The molecule has 7 nitrogen and oxygen atoms in total. The predicted octanol–water partition coefficient (Wildman–Crippen LogP) is 3.69. The van der Waals surface area contributed by atoms with Gasteiger partial charge in [0, 0.05) is 10.2 Å². The average molecular weight is 457 g/mol. The normalized spacial score (nSPS) is 10.1. The first-order valence-corrected chi connectivity index (χ1v) is 8.70. The Kier molecular flexibility index (Phi) is 7.20. The Bertz CT molecular complexity index is 852. The van der Waals surface area contributed by atoms with Gasteiger partial charge in [-0.15, -0.1) is 0 Å². The number of rotatable bonds is 6. The van der Waals surface area contributed by atoms with Crippen LogP contribution in [0.3, 0.4) is 0 Å². The van der Waals surface area contributed by atoms with Gasteiger partial charge in [-0.1, -0.05) is 27.5 Å². The van der Waals surface area contributed by atoms with Crippen LogP contribution in [0, 0.1) is 0 Å². The molecule has 0 aliphatic rings. The number of benzene rings is 2. The first-order chi connectivity index (χ1) is 12.8. The Hall–Kier alpha value is -2.58. The summed E-state index contributed by atoms with van der Waals surface area (Å²) in [6.45, 7) is -0.322. The van der Waals surface area contributed by atoms with E-state index in [1.807, 2.05) is 0 Å². The summed E-state index contributed by atoms with van der Waals surface area (Å²) in [6, 6.07) is 9.04. The van der Waals surface area contributed by atoms with Crippen LogP contribution in [0.2, 0.25) is 5.02 Å². The molecule has 0 spiro atoms. The van der Waals surface area contributed by atoms with Gasteiger partial charge < -0.3 is 19.5 Å². The zero-order valence-electron chi connectivity index (χ0n) is 14.4. The van der Waals surface area contributed by atoms with Gasteiger partial charge in [-0.05, 0) is 36.4 Å². The number of anilines is 1. The number of nitrogens with one attached hydrogen (secondary N) is 1. The summed E-state index contributed by atoms with van der Waals surface area (Å²) >= 11 is 9.30. The molecule has 0 unspecified atom stereocenters. The third-order valence-corrected chi connectivity index (χ3v) is 4.10. The molecule has 2 rings (SSSR count). The summed E-state index contributed by atoms with van der Waals surface area (Å²) in [6.07, 6.45) is 0. The highest BCUT2D eigenvalue weighted by atomic mass is 79.9. The lowest BCUT2D eigenvalue weighted by Crippen LogP contribution is -2.21. The van der Waals surface area contributed by atoms with E-state index < -0.39 is 17.8 Å². The van der Waals surface area contributed by atoms with Gasteiger partial charge in [0.25, 0.3) is 5.91 Å². The molecule has 0 radical (unpaired) electrons. The molecule has 2 aromatic carbocycles. The fourth-order valence-corrected chi connectivity index (χ4v) is 2.83. The Morgan fingerprint density at radius 3 is 2.11 bits per heavy atom. The molecule has 0 aromatic heterocycles. The topological polar surface area (TPSA) is 90.9 Å². The number of halogens is 2. The maximum atomic E-state index is 12.1. The van der Waals surface area contributed by atoms with Crippen LogP contribution in [0.15, 0.2) is 40.9 Å². The zero-order chi connectivity index (χ0) is 20.0. The lowest BCUT2D eigenvalue weighted by Gasteiger charge is -2.11. The number of carbonyl (C=O) groups is 3. The molecule has 0 atom stereocenters. The van der Waals surface area contributed by atoms with Gasteiger partial charge in [0.15, 0.2) is 6.61 Å². The number of hydrogen-bond acceptors (Lipinski definition) is 6. The lowest BCUT2D eigenvalue weighted by atomic mass is 10.1. The molecule has 1 amide bonds. The van der Waals surface area contributed by atoms with Crippen molar-refractivity contribution in [1.29, 1.82) is 0 Å². The van der Waals surface area contributed by atoms with E-state index >= 15 is 0 Å². The highest BCUT2D eigenvalue weighted by molar-refractivity contribution is 9.10. The average Bonchev–Trinajstić information content (AvgIpc) is 2.65. The molecular weight excluding hydrogens is 442 g/mol. The van der Waals surface area contributed by atoms with Crippen molar-refractivity contribution < 1.29 is 28.6 Å². The molecule has 2 aromatic rings. The lowest BCUT2D eigenvalue weighted by molar-refractivity contribution is -0.118. The van der Waals surface area contributed by atoms with E-state index in [1.54, 1.807) is 18.2 Å². The standard InChI is InChI=1S/C18H15BrClNO6/c1-25-17(23)10-5-11(18(24)26-2)7-13(6-10)21-16(22)9-27-15-4-3-12(19)8-14(15)20/h3-8H,9H2,1-2H3,(H,21,22). The van der Waals surface area contributed by atoms with Crippen molar-refractivity contribution in [2.45, 2.75) is 0 Å². The van der Waals surface area contributed by atoms with Crippen molar-refractivity contribution in [3.8, 4) is 5.75 Å². The first-order valence-electron chi connectivity index (χ1n) is 7.53. The smallest absolute Gasteiger partial charge is 0.337 e. The van der Waals surface area contributed by atoms with E-state index in [2.05, 4.69) is 30.7 Å². The summed E-state index contributed by atoms with van der Waals surface area (Å²) in [4.78, 5) is 35.7. The molecule has 1 N–H and O–H groups in total. The maximum Gasteiger partial charge on any atom is 0.337 e. The minimum atomic E-state index is -0.658. The van der Waals surface area contributed by atoms with Gasteiger partial charge in [-0.25, -0.2) is 9.59 Å². The molecule has 9 heteroatoms. The molecule has 142 valence electrons. The Labute approximate surface area is 168 Å². The predicted molar refractivity (Wildman–Crippen MR) is 102 cm³/mol. The van der Waals surface area contributed by atoms with Crippen LogP contribution in [0.4, 0.5) is 5.69 Å². The van der Waals surface area contributed by atoms with Gasteiger partial charge in [-0.3, -0.25) is 4.79 Å². The number of amides is 1. The fraction of sp³-hybridized carbons (Fsp3) is 0.167. The highest BCUT2D eigenvalue weighted by Gasteiger charge is 2.15. The molecule has 0 bridgehead atoms. The molecule has 0 saturated carbocycles. The Morgan fingerprint density at radius 2 is 1.59 bits per heavy atom. The molecule has 27 heavy (non-hydrogen) atoms. The summed E-state index contributed by atoms with van der Waals surface area (Å²) in [5, 5.41) is 2.90. The largest absolute Gasteiger partial charge is 0.482 e. The molecule has 0 aliphatic heterocycles. The van der Waals surface area contributed by atoms with Crippen LogP contribution in [-0.2, 0) is 14.3 Å². The molecule has 0 heterocycles. The number of carbonyl (C=O) groups excluding carboxylic acids is 3. The Morgan fingerprint density at radius 1 is 1.00 bits per heavy atom. The third-order valence-electron chi connectivity index (χ3n) is 3.31. The zero-order valence-corrected chi connectivity index (χ0v) is 16.7. The molecule has 0 fully saturated rings. The van der Waals surface area contributed by atoms with Crippen LogP contribution in [0.5, 0.6) is 5.75 Å². The van der Waals surface area contributed by atoms with Crippen LogP contribution in [0.1, 0.15) is 20.7 Å². The van der Waals surface area contributed by atoms with Crippen LogP contribution in [0.25, 0.3) is 0 Å². The Balaban J connectivity index is 2.13. The van der Waals surface area contributed by atoms with Crippen molar-refractivity contribution in [3.63, 3.8) is 0 Å². The van der Waals surface area contributed by atoms with Gasteiger partial charge in [0.1, 0.15) is 5.75 Å². The SMILES string of the molecule is COC(=O)c1cc(NC(=O)COc2ccc(Br)cc2Cl)cc(C(=O)OC)c1. The van der Waals surface area contributed by atoms with Crippen LogP contribution < -0.4 is 10.1 Å². The van der Waals surface area contributed by atoms with Gasteiger partial charge in [0.05, 0.1) is 30.4 Å². The van der Waals surface area contributed by atoms with Crippen molar-refractivity contribution in [3.05, 3.63) is 57.0 Å². The quantitative estimate of drug-likeness (QED) is 0.667. The van der Waals surface area contributed by atoms with Crippen molar-refractivity contribution >= 4 is 51.1 Å². The van der Waals surface area contributed by atoms with Crippen LogP contribution >= 0.6 is 27.5 Å².